The summed E-state index contributed by atoms with van der Waals surface area (Å²) in [6.07, 6.45) is 4.80. The number of halogens is 4. The first-order chi connectivity index (χ1) is 10.4. The van der Waals surface area contributed by atoms with Crippen molar-refractivity contribution in [2.75, 3.05) is 0 Å². The van der Waals surface area contributed by atoms with Crippen molar-refractivity contribution in [2.45, 2.75) is 57.0 Å². The molecule has 4 rings (SSSR count). The third kappa shape index (κ3) is 2.78. The van der Waals surface area contributed by atoms with Crippen LogP contribution in [0.4, 0.5) is 0 Å². The summed E-state index contributed by atoms with van der Waals surface area (Å²) in [6.45, 7) is 4.11. The third-order valence-corrected chi connectivity index (χ3v) is 5.57. The van der Waals surface area contributed by atoms with Gasteiger partial charge < -0.3 is 9.13 Å². The fourth-order valence-corrected chi connectivity index (χ4v) is 4.12. The molecule has 0 atom stereocenters. The molecule has 2 aliphatic carbocycles. The molecule has 0 spiro atoms. The Morgan fingerprint density at radius 1 is 1.09 bits per heavy atom. The van der Waals surface area contributed by atoms with Gasteiger partial charge >= 0.3 is 0 Å². The lowest BCUT2D eigenvalue weighted by atomic mass is 10.0. The van der Waals surface area contributed by atoms with E-state index in [1.54, 1.807) is 6.07 Å². The van der Waals surface area contributed by atoms with Gasteiger partial charge in [-0.2, -0.15) is 0 Å². The predicted octanol–water partition coefficient (Wildman–Crippen LogP) is 5.46. The maximum Gasteiger partial charge on any atom is 0.159 e. The van der Waals surface area contributed by atoms with Gasteiger partial charge in [-0.3, -0.25) is 0 Å². The van der Waals surface area contributed by atoms with E-state index in [1.807, 2.05) is 4.57 Å². The van der Waals surface area contributed by atoms with Gasteiger partial charge in [0.25, 0.3) is 0 Å². The van der Waals surface area contributed by atoms with E-state index in [1.165, 1.54) is 25.7 Å². The molecule has 0 N–H and O–H groups in total. The van der Waals surface area contributed by atoms with E-state index in [0.29, 0.717) is 27.3 Å². The van der Waals surface area contributed by atoms with Gasteiger partial charge in [-0.1, -0.05) is 34.8 Å². The van der Waals surface area contributed by atoms with E-state index in [2.05, 4.69) is 28.6 Å². The lowest BCUT2D eigenvalue weighted by Crippen LogP contribution is -2.32. The van der Waals surface area contributed by atoms with Crippen LogP contribution in [0.1, 0.15) is 63.1 Å². The molecule has 0 unspecified atom stereocenters. The molecule has 0 aromatic carbocycles. The Balaban J connectivity index is 0.00000156. The number of hydrogen-bond donors (Lipinski definition) is 0. The molecule has 2 saturated carbocycles. The van der Waals surface area contributed by atoms with Crippen LogP contribution >= 0.6 is 47.2 Å². The fraction of sp³-hybridized carbons (Fsp3) is 0.600. The van der Waals surface area contributed by atoms with Gasteiger partial charge in [0.2, 0.25) is 0 Å². The van der Waals surface area contributed by atoms with Crippen LogP contribution in [0.25, 0.3) is 0 Å². The Bertz CT molecular complexity index is 741. The Morgan fingerprint density at radius 3 is 2.22 bits per heavy atom. The minimum Gasteiger partial charge on any atom is -0.310 e. The zero-order chi connectivity index (χ0) is 15.6. The Morgan fingerprint density at radius 2 is 1.74 bits per heavy atom. The highest BCUT2D eigenvalue weighted by Crippen LogP contribution is 2.47. The van der Waals surface area contributed by atoms with Crippen molar-refractivity contribution in [3.63, 3.8) is 0 Å². The normalized spacial score (nSPS) is 18.1. The Hall–Kier alpha value is -0.420. The topological polar surface area (TPSA) is 35.6 Å². The number of rotatable bonds is 4. The third-order valence-electron chi connectivity index (χ3n) is 4.54. The molecular formula is C15H18Cl4N4. The molecule has 0 saturated heterocycles. The van der Waals surface area contributed by atoms with Crippen LogP contribution in [0.5, 0.6) is 0 Å². The number of aromatic nitrogens is 4. The summed E-state index contributed by atoms with van der Waals surface area (Å²) in [5.41, 5.74) is -0.510. The molecular weight excluding hydrogens is 378 g/mol. The summed E-state index contributed by atoms with van der Waals surface area (Å²) >= 11 is 18.8. The summed E-state index contributed by atoms with van der Waals surface area (Å²) in [5.74, 6) is 2.60. The summed E-state index contributed by atoms with van der Waals surface area (Å²) in [5, 5.41) is 10.4. The maximum absolute atomic E-state index is 6.37. The molecule has 2 aromatic rings. The first kappa shape index (κ1) is 17.4. The van der Waals surface area contributed by atoms with Crippen LogP contribution in [0.2, 0.25) is 15.3 Å². The molecule has 2 aliphatic rings. The van der Waals surface area contributed by atoms with E-state index < -0.39 is 5.54 Å². The van der Waals surface area contributed by atoms with Gasteiger partial charge in [0.1, 0.15) is 21.7 Å². The molecule has 2 heterocycles. The van der Waals surface area contributed by atoms with Crippen molar-refractivity contribution in [1.29, 1.82) is 0 Å². The highest BCUT2D eigenvalue weighted by atomic mass is 35.5. The molecule has 0 bridgehead atoms. The highest BCUT2D eigenvalue weighted by molar-refractivity contribution is 6.43. The van der Waals surface area contributed by atoms with Gasteiger partial charge in [-0.15, -0.1) is 22.6 Å². The van der Waals surface area contributed by atoms with Crippen LogP contribution in [0, 0.1) is 0 Å². The van der Waals surface area contributed by atoms with E-state index in [-0.39, 0.29) is 12.4 Å². The van der Waals surface area contributed by atoms with Crippen LogP contribution in [0.15, 0.2) is 6.07 Å². The van der Waals surface area contributed by atoms with Crippen LogP contribution in [0.3, 0.4) is 0 Å². The first-order valence-electron chi connectivity index (χ1n) is 7.59. The first-order valence-corrected chi connectivity index (χ1v) is 8.72. The van der Waals surface area contributed by atoms with Gasteiger partial charge in [-0.05, 0) is 45.6 Å². The smallest absolute Gasteiger partial charge is 0.159 e. The maximum atomic E-state index is 6.37. The van der Waals surface area contributed by atoms with Crippen molar-refractivity contribution in [1.82, 2.24) is 19.3 Å². The molecule has 2 aromatic heterocycles. The molecule has 0 amide bonds. The van der Waals surface area contributed by atoms with E-state index in [0.717, 1.165) is 11.6 Å². The number of hydrogen-bond acceptors (Lipinski definition) is 2. The quantitative estimate of drug-likeness (QED) is 0.689. The van der Waals surface area contributed by atoms with Crippen molar-refractivity contribution >= 4 is 47.2 Å². The minimum atomic E-state index is -0.510. The van der Waals surface area contributed by atoms with Crippen LogP contribution in [-0.2, 0) is 5.54 Å². The Labute approximate surface area is 156 Å². The molecule has 8 heteroatoms. The molecule has 23 heavy (non-hydrogen) atoms. The fourth-order valence-electron chi connectivity index (χ4n) is 3.07. The van der Waals surface area contributed by atoms with Crippen molar-refractivity contribution in [2.24, 2.45) is 0 Å². The van der Waals surface area contributed by atoms with Gasteiger partial charge in [0.05, 0.1) is 5.02 Å². The summed E-state index contributed by atoms with van der Waals surface area (Å²) < 4.78 is 4.15. The second kappa shape index (κ2) is 5.83. The average molecular weight is 396 g/mol. The summed E-state index contributed by atoms with van der Waals surface area (Å²) in [4.78, 5) is 0. The van der Waals surface area contributed by atoms with Crippen molar-refractivity contribution in [3.8, 4) is 0 Å². The molecule has 126 valence electrons. The zero-order valence-corrected chi connectivity index (χ0v) is 16.0. The largest absolute Gasteiger partial charge is 0.310 e. The highest BCUT2D eigenvalue weighted by Gasteiger charge is 2.41. The lowest BCUT2D eigenvalue weighted by Gasteiger charge is -2.29. The second-order valence-electron chi connectivity index (χ2n) is 6.76. The second-order valence-corrected chi connectivity index (χ2v) is 7.91. The van der Waals surface area contributed by atoms with Gasteiger partial charge in [0.15, 0.2) is 5.82 Å². The Kier molecular flexibility index (Phi) is 4.41. The zero-order valence-electron chi connectivity index (χ0n) is 12.9. The lowest BCUT2D eigenvalue weighted by molar-refractivity contribution is 0.388. The average Bonchev–Trinajstić information content (AvgIpc) is 3.36. The van der Waals surface area contributed by atoms with Crippen LogP contribution < -0.4 is 0 Å². The predicted molar refractivity (Wildman–Crippen MR) is 95.4 cm³/mol. The van der Waals surface area contributed by atoms with E-state index in [9.17, 15) is 0 Å². The standard InChI is InChI=1S/C15H17Cl3N4.ClH/c1-15(2,22-11(17)7-10(16)12(22)18)14-20-19-13(8-3-4-8)21(14)9-5-6-9;/h7-9H,3-6H2,1-2H3;1H. The minimum absolute atomic E-state index is 0. The molecule has 2 fully saturated rings. The SMILES string of the molecule is CC(C)(c1nnc(C2CC2)n1C1CC1)n1c(Cl)cc(Cl)c1Cl.Cl. The summed E-state index contributed by atoms with van der Waals surface area (Å²) in [6, 6.07) is 2.19. The molecule has 0 aliphatic heterocycles. The van der Waals surface area contributed by atoms with Crippen molar-refractivity contribution < 1.29 is 0 Å². The molecule has 4 nitrogen and oxygen atoms in total. The summed E-state index contributed by atoms with van der Waals surface area (Å²) in [7, 11) is 0. The van der Waals surface area contributed by atoms with Gasteiger partial charge in [0, 0.05) is 12.0 Å². The van der Waals surface area contributed by atoms with E-state index >= 15 is 0 Å². The van der Waals surface area contributed by atoms with Gasteiger partial charge in [-0.25, -0.2) is 0 Å². The van der Waals surface area contributed by atoms with Crippen LogP contribution in [-0.4, -0.2) is 19.3 Å². The van der Waals surface area contributed by atoms with Crippen molar-refractivity contribution in [3.05, 3.63) is 33.0 Å². The number of nitrogens with zero attached hydrogens (tertiary/aromatic N) is 4. The monoisotopic (exact) mass is 394 g/mol. The molecule has 0 radical (unpaired) electrons. The van der Waals surface area contributed by atoms with E-state index in [4.69, 9.17) is 34.8 Å².